The van der Waals surface area contributed by atoms with Crippen molar-refractivity contribution in [2.75, 3.05) is 4.90 Å². The lowest BCUT2D eigenvalue weighted by Crippen LogP contribution is -2.15. The third-order valence-electron chi connectivity index (χ3n) is 11.3. The first-order valence-electron chi connectivity index (χ1n) is 18.5. The monoisotopic (exact) mass is 694 g/mol. The highest BCUT2D eigenvalue weighted by molar-refractivity contribution is 6.13. The van der Waals surface area contributed by atoms with Gasteiger partial charge in [0.15, 0.2) is 5.58 Å². The summed E-state index contributed by atoms with van der Waals surface area (Å²) in [5, 5.41) is 4.41. The molecule has 0 fully saturated rings. The average Bonchev–Trinajstić information content (AvgIpc) is 3.88. The van der Waals surface area contributed by atoms with Crippen molar-refractivity contribution in [1.29, 1.82) is 0 Å². The Balaban J connectivity index is 1.11. The minimum absolute atomic E-state index is 0.0777. The number of rotatable bonds is 5. The Labute approximate surface area is 312 Å². The molecule has 54 heavy (non-hydrogen) atoms. The molecule has 0 amide bonds. The fourth-order valence-corrected chi connectivity index (χ4v) is 8.69. The highest BCUT2D eigenvalue weighted by Crippen LogP contribution is 2.51. The maximum atomic E-state index is 6.64. The maximum Gasteiger partial charge on any atom is 0.228 e. The number of anilines is 3. The maximum absolute atomic E-state index is 6.64. The fourth-order valence-electron chi connectivity index (χ4n) is 8.69. The topological polar surface area (TPSA) is 42.4 Å². The van der Waals surface area contributed by atoms with E-state index in [0.29, 0.717) is 5.89 Å². The van der Waals surface area contributed by atoms with Crippen LogP contribution in [0.15, 0.2) is 179 Å². The molecule has 0 spiro atoms. The van der Waals surface area contributed by atoms with Crippen LogP contribution < -0.4 is 4.90 Å². The molecular weight excluding hydrogens is 661 g/mol. The van der Waals surface area contributed by atoms with Crippen molar-refractivity contribution >= 4 is 60.9 Å². The molecule has 0 saturated carbocycles. The summed E-state index contributed by atoms with van der Waals surface area (Å²) in [6.07, 6.45) is 0. The molecule has 0 saturated heterocycles. The summed E-state index contributed by atoms with van der Waals surface area (Å²) in [6, 6.07) is 60.3. The summed E-state index contributed by atoms with van der Waals surface area (Å²) in [7, 11) is 0. The number of benzene rings is 8. The molecule has 4 nitrogen and oxygen atoms in total. The van der Waals surface area contributed by atoms with Gasteiger partial charge in [0, 0.05) is 44.9 Å². The van der Waals surface area contributed by atoms with Crippen LogP contribution in [0.4, 0.5) is 17.1 Å². The number of aromatic nitrogens is 1. The average molecular weight is 695 g/mol. The lowest BCUT2D eigenvalue weighted by molar-refractivity contribution is 0.620. The third kappa shape index (κ3) is 4.60. The molecule has 1 aliphatic rings. The molecule has 8 aromatic carbocycles. The van der Waals surface area contributed by atoms with Gasteiger partial charge in [-0.1, -0.05) is 117 Å². The highest BCUT2D eigenvalue weighted by atomic mass is 16.3. The summed E-state index contributed by atoms with van der Waals surface area (Å²) >= 11 is 0. The van der Waals surface area contributed by atoms with Crippen LogP contribution >= 0.6 is 0 Å². The minimum atomic E-state index is -0.0777. The summed E-state index contributed by atoms with van der Waals surface area (Å²) in [6.45, 7) is 4.65. The third-order valence-corrected chi connectivity index (χ3v) is 11.3. The number of fused-ring (bicyclic) bond motifs is 8. The van der Waals surface area contributed by atoms with E-state index in [9.17, 15) is 0 Å². The quantitative estimate of drug-likeness (QED) is 0.180. The van der Waals surface area contributed by atoms with Gasteiger partial charge in [-0.25, -0.2) is 4.98 Å². The van der Waals surface area contributed by atoms with Gasteiger partial charge in [-0.3, -0.25) is 0 Å². The first-order valence-corrected chi connectivity index (χ1v) is 18.5. The van der Waals surface area contributed by atoms with Crippen molar-refractivity contribution in [3.63, 3.8) is 0 Å². The predicted octanol–water partition coefficient (Wildman–Crippen LogP) is 14.0. The van der Waals surface area contributed by atoms with Gasteiger partial charge in [0.25, 0.3) is 0 Å². The van der Waals surface area contributed by atoms with Crippen molar-refractivity contribution in [3.05, 3.63) is 181 Å². The molecule has 0 aliphatic heterocycles. The summed E-state index contributed by atoms with van der Waals surface area (Å²) in [4.78, 5) is 7.19. The molecule has 0 bridgehead atoms. The van der Waals surface area contributed by atoms with Gasteiger partial charge < -0.3 is 13.7 Å². The normalized spacial score (nSPS) is 13.1. The van der Waals surface area contributed by atoms with Crippen LogP contribution in [-0.2, 0) is 5.41 Å². The highest BCUT2D eigenvalue weighted by Gasteiger charge is 2.35. The Kier molecular flexibility index (Phi) is 6.56. The van der Waals surface area contributed by atoms with Gasteiger partial charge in [0.1, 0.15) is 16.7 Å². The van der Waals surface area contributed by atoms with Gasteiger partial charge >= 0.3 is 0 Å². The second-order valence-electron chi connectivity index (χ2n) is 14.8. The van der Waals surface area contributed by atoms with Gasteiger partial charge in [0.05, 0.1) is 0 Å². The van der Waals surface area contributed by atoms with Crippen LogP contribution in [0, 0.1) is 0 Å². The van der Waals surface area contributed by atoms with Gasteiger partial charge in [-0.15, -0.1) is 0 Å². The number of para-hydroxylation sites is 2. The van der Waals surface area contributed by atoms with Crippen molar-refractivity contribution in [1.82, 2.24) is 4.98 Å². The molecule has 2 heterocycles. The van der Waals surface area contributed by atoms with E-state index in [1.54, 1.807) is 0 Å². The molecule has 0 N–H and O–H groups in total. The summed E-state index contributed by atoms with van der Waals surface area (Å²) in [5.41, 5.74) is 14.9. The van der Waals surface area contributed by atoms with Crippen LogP contribution in [0.2, 0.25) is 0 Å². The first kappa shape index (κ1) is 30.7. The molecule has 0 radical (unpaired) electrons. The van der Waals surface area contributed by atoms with Crippen molar-refractivity contribution < 1.29 is 8.83 Å². The van der Waals surface area contributed by atoms with Crippen molar-refractivity contribution in [2.45, 2.75) is 19.3 Å². The lowest BCUT2D eigenvalue weighted by atomic mass is 9.82. The number of nitrogens with zero attached hydrogens (tertiary/aromatic N) is 2. The molecule has 0 atom stereocenters. The number of hydrogen-bond donors (Lipinski definition) is 0. The van der Waals surface area contributed by atoms with E-state index < -0.39 is 0 Å². The largest absolute Gasteiger partial charge is 0.456 e. The van der Waals surface area contributed by atoms with Crippen molar-refractivity contribution in [3.8, 4) is 33.7 Å². The fraction of sp³-hybridized carbons (Fsp3) is 0.0600. The van der Waals surface area contributed by atoms with Crippen LogP contribution in [0.25, 0.3) is 77.5 Å². The zero-order chi connectivity index (χ0) is 36.0. The molecule has 4 heteroatoms. The Bertz CT molecular complexity index is 3060. The standard InChI is InChI=1S/C50H34N2O2/c1-50(2)42-18-7-6-15-38(42)41-29-34(24-27-43(41)50)52(33-22-25-37-32(28-33)14-10-16-36(37)31-12-4-3-5-13-31)35-23-26-39-47(30-35)53-46-21-11-17-40(48(39)46)49-51-44-19-8-9-20-45(44)54-49/h3-30H,1-2H3. The zero-order valence-electron chi connectivity index (χ0n) is 29.9. The SMILES string of the molecule is CC1(C)c2ccccc2-c2cc(N(c3ccc4c(-c5ccccc5)cccc4c3)c3ccc4c(c3)oc3cccc(-c5nc6ccccc6o5)c34)ccc21. The lowest BCUT2D eigenvalue weighted by Gasteiger charge is -2.27. The van der Waals surface area contributed by atoms with Crippen LogP contribution in [0.1, 0.15) is 25.0 Å². The second-order valence-corrected chi connectivity index (χ2v) is 14.8. The van der Waals surface area contributed by atoms with E-state index in [1.807, 2.05) is 36.4 Å². The summed E-state index contributed by atoms with van der Waals surface area (Å²) < 4.78 is 12.9. The smallest absolute Gasteiger partial charge is 0.228 e. The summed E-state index contributed by atoms with van der Waals surface area (Å²) in [5.74, 6) is 0.586. The minimum Gasteiger partial charge on any atom is -0.456 e. The van der Waals surface area contributed by atoms with Crippen LogP contribution in [-0.4, -0.2) is 4.98 Å². The van der Waals surface area contributed by atoms with E-state index in [4.69, 9.17) is 13.8 Å². The first-order chi connectivity index (χ1) is 26.5. The van der Waals surface area contributed by atoms with Gasteiger partial charge in [-0.2, -0.15) is 0 Å². The van der Waals surface area contributed by atoms with E-state index >= 15 is 0 Å². The molecule has 10 aromatic rings. The molecule has 0 unspecified atom stereocenters. The predicted molar refractivity (Wildman–Crippen MR) is 222 cm³/mol. The Morgan fingerprint density at radius 2 is 1.13 bits per heavy atom. The van der Waals surface area contributed by atoms with Gasteiger partial charge in [0.2, 0.25) is 5.89 Å². The molecular formula is C50H34N2O2. The zero-order valence-corrected chi connectivity index (χ0v) is 29.9. The van der Waals surface area contributed by atoms with E-state index in [1.165, 1.54) is 44.2 Å². The van der Waals surface area contributed by atoms with Crippen molar-refractivity contribution in [2.24, 2.45) is 0 Å². The number of furan rings is 1. The molecule has 256 valence electrons. The second kappa shape index (κ2) is 11.5. The van der Waals surface area contributed by atoms with E-state index in [0.717, 1.165) is 55.7 Å². The molecule has 11 rings (SSSR count). The van der Waals surface area contributed by atoms with E-state index in [-0.39, 0.29) is 5.41 Å². The molecule has 1 aliphatic carbocycles. The Morgan fingerprint density at radius 1 is 0.463 bits per heavy atom. The Morgan fingerprint density at radius 3 is 2.02 bits per heavy atom. The van der Waals surface area contributed by atoms with Gasteiger partial charge in [-0.05, 0) is 105 Å². The number of oxazole rings is 1. The molecule has 2 aromatic heterocycles. The van der Waals surface area contributed by atoms with Crippen LogP contribution in [0.5, 0.6) is 0 Å². The van der Waals surface area contributed by atoms with E-state index in [2.05, 4.69) is 152 Å². The van der Waals surface area contributed by atoms with Crippen LogP contribution in [0.3, 0.4) is 0 Å². The Hall–Kier alpha value is -6.91. The number of hydrogen-bond acceptors (Lipinski definition) is 4.